The summed E-state index contributed by atoms with van der Waals surface area (Å²) in [5.74, 6) is 0.445. The fourth-order valence-corrected chi connectivity index (χ4v) is 5.10. The van der Waals surface area contributed by atoms with Crippen LogP contribution in [0.15, 0.2) is 71.9 Å². The van der Waals surface area contributed by atoms with Gasteiger partial charge in [-0.3, -0.25) is 0 Å². The third kappa shape index (κ3) is 4.10. The molecule has 0 aliphatic heterocycles. The molecule has 2 aromatic carbocycles. The lowest BCUT2D eigenvalue weighted by Crippen LogP contribution is -2.12. The van der Waals surface area contributed by atoms with Gasteiger partial charge in [0.2, 0.25) is 5.88 Å². The summed E-state index contributed by atoms with van der Waals surface area (Å²) >= 11 is 6.04. The zero-order chi connectivity index (χ0) is 22.0. The van der Waals surface area contributed by atoms with E-state index in [-0.39, 0.29) is 4.90 Å². The van der Waals surface area contributed by atoms with Crippen LogP contribution in [0, 0.1) is 0 Å². The number of fused-ring (bicyclic) bond motifs is 1. The Morgan fingerprint density at radius 3 is 2.71 bits per heavy atom. The van der Waals surface area contributed by atoms with E-state index in [4.69, 9.17) is 16.3 Å². The van der Waals surface area contributed by atoms with Gasteiger partial charge in [-0.05, 0) is 55.1 Å². The molecule has 2 N–H and O–H groups in total. The van der Waals surface area contributed by atoms with Gasteiger partial charge in [-0.2, -0.15) is 0 Å². The van der Waals surface area contributed by atoms with Crippen molar-refractivity contribution in [2.24, 2.45) is 0 Å². The van der Waals surface area contributed by atoms with Crippen LogP contribution in [-0.4, -0.2) is 31.5 Å². The molecule has 0 saturated carbocycles. The van der Waals surface area contributed by atoms with E-state index >= 15 is 0 Å². The van der Waals surface area contributed by atoms with Crippen LogP contribution in [0.3, 0.4) is 0 Å². The molecule has 0 fully saturated rings. The molecule has 0 radical (unpaired) electrons. The van der Waals surface area contributed by atoms with Gasteiger partial charge < -0.3 is 15.4 Å². The molecule has 0 aliphatic carbocycles. The van der Waals surface area contributed by atoms with Crippen molar-refractivity contribution in [3.8, 4) is 5.88 Å². The number of methoxy groups -OCH3 is 1. The van der Waals surface area contributed by atoms with Crippen LogP contribution >= 0.6 is 11.6 Å². The molecule has 2 aromatic heterocycles. The highest BCUT2D eigenvalue weighted by atomic mass is 35.5. The van der Waals surface area contributed by atoms with Crippen LogP contribution in [0.25, 0.3) is 10.9 Å². The third-order valence-corrected chi connectivity index (χ3v) is 6.72. The quantitative estimate of drug-likeness (QED) is 0.428. The maximum atomic E-state index is 13.4. The summed E-state index contributed by atoms with van der Waals surface area (Å²) in [7, 11) is -0.485. The fourth-order valence-electron chi connectivity index (χ4n) is 3.42. The number of anilines is 2. The summed E-state index contributed by atoms with van der Waals surface area (Å²) in [5, 5.41) is 7.54. The number of halogens is 1. The van der Waals surface area contributed by atoms with E-state index in [1.54, 1.807) is 43.8 Å². The van der Waals surface area contributed by atoms with Crippen molar-refractivity contribution in [2.75, 3.05) is 19.5 Å². The zero-order valence-electron chi connectivity index (χ0n) is 17.0. The smallest absolute Gasteiger partial charge is 0.268 e. The number of nitrogens with one attached hydrogen (secondary N) is 2. The molecule has 9 heteroatoms. The summed E-state index contributed by atoms with van der Waals surface area (Å²) in [4.78, 5) is 4.31. The monoisotopic (exact) mass is 456 g/mol. The summed E-state index contributed by atoms with van der Waals surface area (Å²) in [6.45, 7) is 0.526. The van der Waals surface area contributed by atoms with Gasteiger partial charge in [0.25, 0.3) is 10.0 Å². The van der Waals surface area contributed by atoms with Crippen molar-refractivity contribution in [2.45, 2.75) is 11.4 Å². The van der Waals surface area contributed by atoms with Gasteiger partial charge in [-0.25, -0.2) is 17.4 Å². The van der Waals surface area contributed by atoms with Gasteiger partial charge in [-0.15, -0.1) is 0 Å². The Kier molecular flexibility index (Phi) is 5.86. The van der Waals surface area contributed by atoms with Crippen LogP contribution in [0.4, 0.5) is 11.4 Å². The largest absolute Gasteiger partial charge is 0.480 e. The van der Waals surface area contributed by atoms with E-state index in [9.17, 15) is 8.42 Å². The highest BCUT2D eigenvalue weighted by Gasteiger charge is 2.22. The van der Waals surface area contributed by atoms with Gasteiger partial charge >= 0.3 is 0 Å². The molecule has 7 nitrogen and oxygen atoms in total. The first-order valence-corrected chi connectivity index (χ1v) is 11.3. The Balaban J connectivity index is 1.86. The Hall–Kier alpha value is -3.07. The fraction of sp³-hybridized carbons (Fsp3) is 0.136. The Bertz CT molecular complexity index is 1350. The van der Waals surface area contributed by atoms with E-state index in [0.717, 1.165) is 10.9 Å². The topological polar surface area (TPSA) is 85.3 Å². The minimum absolute atomic E-state index is 0.125. The van der Waals surface area contributed by atoms with E-state index < -0.39 is 10.0 Å². The maximum absolute atomic E-state index is 13.4. The second-order valence-corrected chi connectivity index (χ2v) is 9.11. The second-order valence-electron chi connectivity index (χ2n) is 6.86. The van der Waals surface area contributed by atoms with Crippen molar-refractivity contribution >= 4 is 43.9 Å². The lowest BCUT2D eigenvalue weighted by atomic mass is 10.1. The first-order valence-electron chi connectivity index (χ1n) is 9.50. The molecule has 4 rings (SSSR count). The van der Waals surface area contributed by atoms with E-state index in [1.807, 2.05) is 25.2 Å². The molecule has 0 saturated heterocycles. The SMILES string of the molecule is CNCc1cn(S(=O)(=O)c2cccc(Cl)c2)c2cc(Nc3cccnc3OC)ccc12. The lowest BCUT2D eigenvalue weighted by Gasteiger charge is -2.11. The van der Waals surface area contributed by atoms with Crippen molar-refractivity contribution in [1.29, 1.82) is 0 Å². The van der Waals surface area contributed by atoms with Gasteiger partial charge in [0.15, 0.2) is 0 Å². The number of pyridine rings is 1. The van der Waals surface area contributed by atoms with Crippen LogP contribution in [0.5, 0.6) is 5.88 Å². The standard InChI is InChI=1S/C22H21ClN4O3S/c1-24-13-15-14-27(31(28,29)18-6-3-5-16(23)11-18)21-12-17(8-9-19(15)21)26-20-7-4-10-25-22(20)30-2/h3-12,14,24,26H,13H2,1-2H3. The molecule has 0 bridgehead atoms. The highest BCUT2D eigenvalue weighted by molar-refractivity contribution is 7.90. The highest BCUT2D eigenvalue weighted by Crippen LogP contribution is 2.31. The number of hydrogen-bond donors (Lipinski definition) is 2. The number of rotatable bonds is 7. The minimum Gasteiger partial charge on any atom is -0.480 e. The van der Waals surface area contributed by atoms with Gasteiger partial charge in [-0.1, -0.05) is 23.7 Å². The molecule has 0 aliphatic rings. The first-order chi connectivity index (χ1) is 14.9. The summed E-state index contributed by atoms with van der Waals surface area (Å²) in [6.07, 6.45) is 3.28. The number of nitrogens with zero attached hydrogens (tertiary/aromatic N) is 2. The molecule has 2 heterocycles. The second kappa shape index (κ2) is 8.58. The predicted octanol–water partition coefficient (Wildman–Crippen LogP) is 4.40. The maximum Gasteiger partial charge on any atom is 0.268 e. The number of ether oxygens (including phenoxy) is 1. The predicted molar refractivity (Wildman–Crippen MR) is 123 cm³/mol. The van der Waals surface area contributed by atoms with Crippen molar-refractivity contribution in [3.05, 3.63) is 77.6 Å². The Labute approximate surface area is 185 Å². The normalized spacial score (nSPS) is 11.6. The molecule has 4 aromatic rings. The van der Waals surface area contributed by atoms with Crippen LogP contribution in [0.1, 0.15) is 5.56 Å². The van der Waals surface area contributed by atoms with Gasteiger partial charge in [0, 0.05) is 35.0 Å². The number of benzene rings is 2. The van der Waals surface area contributed by atoms with E-state index in [2.05, 4.69) is 15.6 Å². The minimum atomic E-state index is -3.85. The zero-order valence-corrected chi connectivity index (χ0v) is 18.5. The molecule has 160 valence electrons. The van der Waals surface area contributed by atoms with Gasteiger partial charge in [0.1, 0.15) is 5.69 Å². The first kappa shape index (κ1) is 21.2. The molecule has 0 amide bonds. The van der Waals surface area contributed by atoms with E-state index in [0.29, 0.717) is 34.3 Å². The molecule has 0 atom stereocenters. The Morgan fingerprint density at radius 1 is 1.13 bits per heavy atom. The van der Waals surface area contributed by atoms with Crippen molar-refractivity contribution in [3.63, 3.8) is 0 Å². The van der Waals surface area contributed by atoms with Gasteiger partial charge in [0.05, 0.1) is 17.5 Å². The van der Waals surface area contributed by atoms with Crippen LogP contribution in [-0.2, 0) is 16.6 Å². The van der Waals surface area contributed by atoms with E-state index in [1.165, 1.54) is 16.1 Å². The average molecular weight is 457 g/mol. The summed E-state index contributed by atoms with van der Waals surface area (Å²) in [6, 6.07) is 15.5. The van der Waals surface area contributed by atoms with Crippen LogP contribution in [0.2, 0.25) is 5.02 Å². The molecule has 0 spiro atoms. The Morgan fingerprint density at radius 2 is 1.97 bits per heavy atom. The molecular weight excluding hydrogens is 436 g/mol. The third-order valence-electron chi connectivity index (χ3n) is 4.82. The molecule has 31 heavy (non-hydrogen) atoms. The number of hydrogen-bond acceptors (Lipinski definition) is 6. The number of aromatic nitrogens is 2. The summed E-state index contributed by atoms with van der Waals surface area (Å²) < 4.78 is 33.4. The molecular formula is C22H21ClN4O3S. The summed E-state index contributed by atoms with van der Waals surface area (Å²) in [5.41, 5.74) is 2.80. The molecule has 0 unspecified atom stereocenters. The van der Waals surface area contributed by atoms with Crippen molar-refractivity contribution < 1.29 is 13.2 Å². The average Bonchev–Trinajstić information content (AvgIpc) is 3.13. The van der Waals surface area contributed by atoms with Crippen molar-refractivity contribution in [1.82, 2.24) is 14.3 Å². The lowest BCUT2D eigenvalue weighted by molar-refractivity contribution is 0.400. The van der Waals surface area contributed by atoms with Crippen LogP contribution < -0.4 is 15.4 Å².